The zero-order valence-corrected chi connectivity index (χ0v) is 7.19. The van der Waals surface area contributed by atoms with Crippen molar-refractivity contribution in [1.82, 2.24) is 0 Å². The van der Waals surface area contributed by atoms with Crippen molar-refractivity contribution < 1.29 is 9.59 Å². The van der Waals surface area contributed by atoms with Crippen LogP contribution in [0, 0.1) is 0 Å². The minimum atomic E-state index is 0.126. The lowest BCUT2D eigenvalue weighted by molar-refractivity contribution is -0.108. The molecule has 0 saturated carbocycles. The number of benzene rings is 1. The van der Waals surface area contributed by atoms with Gasteiger partial charge in [-0.2, -0.15) is 0 Å². The zero-order chi connectivity index (χ0) is 9.26. The first-order chi connectivity index (χ1) is 6.33. The van der Waals surface area contributed by atoms with Crippen LogP contribution in [0.3, 0.4) is 0 Å². The fraction of sp³-hybridized carbons (Fsp3) is 0.273. The summed E-state index contributed by atoms with van der Waals surface area (Å²) in [5.41, 5.74) is 1.84. The van der Waals surface area contributed by atoms with E-state index in [1.807, 2.05) is 24.3 Å². The first kappa shape index (κ1) is 8.17. The standard InChI is InChI=1S/C11H10O2/c12-6-5-8-7-11(13)10-4-2-1-3-9(8)10/h1-4,6,8H,5,7H2. The first-order valence-corrected chi connectivity index (χ1v) is 4.38. The topological polar surface area (TPSA) is 34.1 Å². The third-order valence-corrected chi connectivity index (χ3v) is 2.51. The number of carbonyl (C=O) groups is 2. The lowest BCUT2D eigenvalue weighted by Gasteiger charge is -2.04. The van der Waals surface area contributed by atoms with E-state index in [4.69, 9.17) is 0 Å². The van der Waals surface area contributed by atoms with Gasteiger partial charge in [-0.15, -0.1) is 0 Å². The van der Waals surface area contributed by atoms with E-state index in [0.29, 0.717) is 12.8 Å². The average Bonchev–Trinajstić information content (AvgIpc) is 2.46. The second kappa shape index (κ2) is 3.13. The maximum Gasteiger partial charge on any atom is 0.163 e. The Labute approximate surface area is 76.6 Å². The van der Waals surface area contributed by atoms with Gasteiger partial charge in [0, 0.05) is 18.4 Å². The van der Waals surface area contributed by atoms with Crippen molar-refractivity contribution in [2.45, 2.75) is 18.8 Å². The van der Waals surface area contributed by atoms with Gasteiger partial charge in [0.2, 0.25) is 0 Å². The maximum absolute atomic E-state index is 11.4. The molecule has 2 heteroatoms. The largest absolute Gasteiger partial charge is 0.303 e. The van der Waals surface area contributed by atoms with Gasteiger partial charge >= 0.3 is 0 Å². The molecule has 1 aromatic carbocycles. The average molecular weight is 174 g/mol. The van der Waals surface area contributed by atoms with Gasteiger partial charge in [-0.3, -0.25) is 4.79 Å². The fourth-order valence-corrected chi connectivity index (χ4v) is 1.88. The molecule has 0 radical (unpaired) electrons. The van der Waals surface area contributed by atoms with Crippen molar-refractivity contribution in [3.63, 3.8) is 0 Å². The number of fused-ring (bicyclic) bond motifs is 1. The Morgan fingerprint density at radius 1 is 1.38 bits per heavy atom. The highest BCUT2D eigenvalue weighted by atomic mass is 16.1. The van der Waals surface area contributed by atoms with Crippen molar-refractivity contribution >= 4 is 12.1 Å². The molecule has 1 unspecified atom stereocenters. The van der Waals surface area contributed by atoms with E-state index < -0.39 is 0 Å². The highest BCUT2D eigenvalue weighted by Gasteiger charge is 2.27. The maximum atomic E-state index is 11.4. The summed E-state index contributed by atoms with van der Waals surface area (Å²) in [5.74, 6) is 0.295. The molecular formula is C11H10O2. The summed E-state index contributed by atoms with van der Waals surface area (Å²) in [6, 6.07) is 7.55. The van der Waals surface area contributed by atoms with Gasteiger partial charge in [0.1, 0.15) is 6.29 Å². The fourth-order valence-electron chi connectivity index (χ4n) is 1.88. The Hall–Kier alpha value is -1.44. The van der Waals surface area contributed by atoms with Crippen LogP contribution in [-0.4, -0.2) is 12.1 Å². The van der Waals surface area contributed by atoms with Crippen molar-refractivity contribution in [2.24, 2.45) is 0 Å². The van der Waals surface area contributed by atoms with E-state index in [1.54, 1.807) is 0 Å². The van der Waals surface area contributed by atoms with E-state index in [0.717, 1.165) is 17.4 Å². The van der Waals surface area contributed by atoms with Crippen molar-refractivity contribution in [1.29, 1.82) is 0 Å². The molecule has 0 heterocycles. The van der Waals surface area contributed by atoms with Gasteiger partial charge in [-0.25, -0.2) is 0 Å². The molecule has 0 N–H and O–H groups in total. The number of hydrogen-bond acceptors (Lipinski definition) is 2. The van der Waals surface area contributed by atoms with E-state index in [-0.39, 0.29) is 11.7 Å². The molecule has 1 aromatic rings. The van der Waals surface area contributed by atoms with Crippen molar-refractivity contribution in [3.8, 4) is 0 Å². The Morgan fingerprint density at radius 3 is 2.92 bits per heavy atom. The van der Waals surface area contributed by atoms with E-state index in [1.165, 1.54) is 0 Å². The van der Waals surface area contributed by atoms with Gasteiger partial charge in [0.15, 0.2) is 5.78 Å². The Morgan fingerprint density at radius 2 is 2.15 bits per heavy atom. The summed E-state index contributed by atoms with van der Waals surface area (Å²) in [6.07, 6.45) is 1.85. The molecule has 66 valence electrons. The highest BCUT2D eigenvalue weighted by Crippen LogP contribution is 2.34. The molecule has 0 aromatic heterocycles. The molecular weight excluding hydrogens is 164 g/mol. The van der Waals surface area contributed by atoms with E-state index in [2.05, 4.69) is 0 Å². The lowest BCUT2D eigenvalue weighted by atomic mass is 9.99. The third-order valence-electron chi connectivity index (χ3n) is 2.51. The van der Waals surface area contributed by atoms with Gasteiger partial charge in [0.05, 0.1) is 0 Å². The number of ketones is 1. The number of Topliss-reactive ketones (excluding diaryl/α,β-unsaturated/α-hetero) is 1. The molecule has 0 saturated heterocycles. The third kappa shape index (κ3) is 1.28. The zero-order valence-electron chi connectivity index (χ0n) is 7.19. The summed E-state index contributed by atoms with van der Waals surface area (Å²) >= 11 is 0. The summed E-state index contributed by atoms with van der Waals surface area (Å²) < 4.78 is 0. The van der Waals surface area contributed by atoms with Gasteiger partial charge in [-0.1, -0.05) is 24.3 Å². The molecule has 0 bridgehead atoms. The predicted molar refractivity (Wildman–Crippen MR) is 48.8 cm³/mol. The summed E-state index contributed by atoms with van der Waals surface area (Å²) in [5, 5.41) is 0. The van der Waals surface area contributed by atoms with Crippen LogP contribution >= 0.6 is 0 Å². The minimum absolute atomic E-state index is 0.126. The normalized spacial score (nSPS) is 20.0. The van der Waals surface area contributed by atoms with Gasteiger partial charge in [-0.05, 0) is 11.5 Å². The van der Waals surface area contributed by atoms with Crippen LogP contribution in [0.15, 0.2) is 24.3 Å². The van der Waals surface area contributed by atoms with Crippen LogP contribution in [0.2, 0.25) is 0 Å². The minimum Gasteiger partial charge on any atom is -0.303 e. The van der Waals surface area contributed by atoms with Gasteiger partial charge in [0.25, 0.3) is 0 Å². The molecule has 1 atom stereocenters. The summed E-state index contributed by atoms with van der Waals surface area (Å²) in [7, 11) is 0. The number of rotatable bonds is 2. The number of hydrogen-bond donors (Lipinski definition) is 0. The number of carbonyl (C=O) groups excluding carboxylic acids is 2. The van der Waals surface area contributed by atoms with Crippen LogP contribution < -0.4 is 0 Å². The molecule has 0 fully saturated rings. The second-order valence-corrected chi connectivity index (χ2v) is 3.31. The molecule has 13 heavy (non-hydrogen) atoms. The second-order valence-electron chi connectivity index (χ2n) is 3.31. The molecule has 1 aliphatic rings. The molecule has 1 aliphatic carbocycles. The Bertz CT molecular complexity index is 355. The quantitative estimate of drug-likeness (QED) is 0.642. The molecule has 0 spiro atoms. The monoisotopic (exact) mass is 174 g/mol. The van der Waals surface area contributed by atoms with Crippen molar-refractivity contribution in [2.75, 3.05) is 0 Å². The SMILES string of the molecule is O=CCC1CC(=O)c2ccccc21. The molecule has 2 nitrogen and oxygen atoms in total. The van der Waals surface area contributed by atoms with E-state index >= 15 is 0 Å². The first-order valence-electron chi connectivity index (χ1n) is 4.38. The van der Waals surface area contributed by atoms with Gasteiger partial charge < -0.3 is 4.79 Å². The van der Waals surface area contributed by atoms with Crippen LogP contribution in [0.5, 0.6) is 0 Å². The Balaban J connectivity index is 2.41. The smallest absolute Gasteiger partial charge is 0.163 e. The predicted octanol–water partition coefficient (Wildman–Crippen LogP) is 1.95. The molecule has 2 rings (SSSR count). The molecule has 0 amide bonds. The van der Waals surface area contributed by atoms with Crippen LogP contribution in [-0.2, 0) is 4.79 Å². The lowest BCUT2D eigenvalue weighted by Crippen LogP contribution is -1.94. The van der Waals surface area contributed by atoms with Crippen molar-refractivity contribution in [3.05, 3.63) is 35.4 Å². The summed E-state index contributed by atoms with van der Waals surface area (Å²) in [6.45, 7) is 0. The molecule has 0 aliphatic heterocycles. The number of aldehydes is 1. The summed E-state index contributed by atoms with van der Waals surface area (Å²) in [4.78, 5) is 21.8. The van der Waals surface area contributed by atoms with Crippen LogP contribution in [0.4, 0.5) is 0 Å². The Kier molecular flexibility index (Phi) is 1.97. The van der Waals surface area contributed by atoms with E-state index in [9.17, 15) is 9.59 Å². The van der Waals surface area contributed by atoms with Crippen LogP contribution in [0.25, 0.3) is 0 Å². The van der Waals surface area contributed by atoms with Crippen LogP contribution in [0.1, 0.15) is 34.7 Å². The highest BCUT2D eigenvalue weighted by molar-refractivity contribution is 6.01.